The molecule has 1 N–H and O–H groups in total. The number of benzene rings is 1. The number of aryl methyl sites for hydroxylation is 1. The summed E-state index contributed by atoms with van der Waals surface area (Å²) in [5.41, 5.74) is 0.455. The van der Waals surface area contributed by atoms with Crippen LogP contribution < -0.4 is 5.32 Å². The number of thiazole rings is 1. The first kappa shape index (κ1) is 15.0. The van der Waals surface area contributed by atoms with Crippen LogP contribution in [-0.2, 0) is 6.54 Å². The zero-order valence-corrected chi connectivity index (χ0v) is 12.2. The predicted molar refractivity (Wildman–Crippen MR) is 74.1 cm³/mol. The van der Waals surface area contributed by atoms with Crippen molar-refractivity contribution in [3.63, 3.8) is 0 Å². The van der Waals surface area contributed by atoms with Crippen molar-refractivity contribution in [1.29, 1.82) is 0 Å². The van der Waals surface area contributed by atoms with Crippen LogP contribution in [-0.4, -0.2) is 11.0 Å². The van der Waals surface area contributed by atoms with E-state index in [9.17, 15) is 13.2 Å². The Bertz CT molecular complexity index is 600. The maximum atomic E-state index is 13.7. The zero-order chi connectivity index (χ0) is 14.9. The van der Waals surface area contributed by atoms with Crippen LogP contribution in [0.4, 0.5) is 13.2 Å². The van der Waals surface area contributed by atoms with Crippen LogP contribution >= 0.6 is 11.3 Å². The van der Waals surface area contributed by atoms with Gasteiger partial charge in [-0.15, -0.1) is 11.3 Å². The second-order valence-corrected chi connectivity index (χ2v) is 5.89. The first-order chi connectivity index (χ1) is 9.38. The highest BCUT2D eigenvalue weighted by Gasteiger charge is 2.18. The number of hydrogen-bond acceptors (Lipinski definition) is 3. The smallest absolute Gasteiger partial charge is 0.139 e. The molecular weight excluding hydrogens is 285 g/mol. The third-order valence-electron chi connectivity index (χ3n) is 2.78. The highest BCUT2D eigenvalue weighted by atomic mass is 32.1. The van der Waals surface area contributed by atoms with E-state index in [2.05, 4.69) is 10.3 Å². The fraction of sp³-hybridized carbons (Fsp3) is 0.357. The molecule has 1 heterocycles. The Kier molecular flexibility index (Phi) is 4.45. The molecule has 2 nitrogen and oxygen atoms in total. The molecule has 0 bridgehead atoms. The molecule has 0 saturated heterocycles. The Labute approximate surface area is 119 Å². The summed E-state index contributed by atoms with van der Waals surface area (Å²) in [5, 5.41) is 3.46. The van der Waals surface area contributed by atoms with Crippen molar-refractivity contribution in [1.82, 2.24) is 10.3 Å². The van der Waals surface area contributed by atoms with Crippen LogP contribution in [0.3, 0.4) is 0 Å². The molecule has 0 unspecified atom stereocenters. The summed E-state index contributed by atoms with van der Waals surface area (Å²) in [5.74, 6) is -2.79. The first-order valence-electron chi connectivity index (χ1n) is 6.23. The van der Waals surface area contributed by atoms with Crippen molar-refractivity contribution < 1.29 is 13.2 Å². The minimum atomic E-state index is -0.932. The molecule has 2 aromatic rings. The molecule has 2 rings (SSSR count). The maximum Gasteiger partial charge on any atom is 0.139 e. The quantitative estimate of drug-likeness (QED) is 0.922. The minimum Gasteiger partial charge on any atom is -0.310 e. The average molecular weight is 300 g/mol. The van der Waals surface area contributed by atoms with E-state index >= 15 is 0 Å². The summed E-state index contributed by atoms with van der Waals surface area (Å²) in [7, 11) is 0. The highest BCUT2D eigenvalue weighted by molar-refractivity contribution is 7.15. The van der Waals surface area contributed by atoms with Crippen molar-refractivity contribution in [3.05, 3.63) is 40.2 Å². The van der Waals surface area contributed by atoms with Gasteiger partial charge in [0.15, 0.2) is 0 Å². The normalized spacial score (nSPS) is 11.3. The molecule has 0 amide bonds. The summed E-state index contributed by atoms with van der Waals surface area (Å²) in [4.78, 5) is 5.10. The highest BCUT2D eigenvalue weighted by Crippen LogP contribution is 2.32. The molecule has 0 saturated carbocycles. The van der Waals surface area contributed by atoms with Gasteiger partial charge in [-0.3, -0.25) is 0 Å². The van der Waals surface area contributed by atoms with Gasteiger partial charge in [-0.2, -0.15) is 0 Å². The Hall–Kier alpha value is -1.40. The maximum absolute atomic E-state index is 13.7. The fourth-order valence-corrected chi connectivity index (χ4v) is 2.80. The van der Waals surface area contributed by atoms with Gasteiger partial charge >= 0.3 is 0 Å². The SMILES string of the molecule is Cc1nc(-c2c(F)cc(F)cc2F)sc1CNC(C)C. The average Bonchev–Trinajstić information content (AvgIpc) is 2.66. The lowest BCUT2D eigenvalue weighted by Gasteiger charge is -2.05. The molecule has 0 fully saturated rings. The number of aromatic nitrogens is 1. The number of nitrogens with one attached hydrogen (secondary N) is 1. The third-order valence-corrected chi connectivity index (χ3v) is 3.96. The van der Waals surface area contributed by atoms with Crippen molar-refractivity contribution >= 4 is 11.3 Å². The minimum absolute atomic E-state index is 0.234. The van der Waals surface area contributed by atoms with E-state index in [1.165, 1.54) is 11.3 Å². The molecule has 20 heavy (non-hydrogen) atoms. The van der Waals surface area contributed by atoms with Crippen LogP contribution in [0.5, 0.6) is 0 Å². The van der Waals surface area contributed by atoms with Crippen LogP contribution in [0.25, 0.3) is 10.6 Å². The summed E-state index contributed by atoms with van der Waals surface area (Å²) < 4.78 is 40.4. The molecule has 0 aliphatic carbocycles. The summed E-state index contributed by atoms with van der Waals surface area (Å²) in [6.07, 6.45) is 0. The monoisotopic (exact) mass is 300 g/mol. The summed E-state index contributed by atoms with van der Waals surface area (Å²) in [6.45, 7) is 6.40. The molecule has 0 aliphatic heterocycles. The van der Waals surface area contributed by atoms with Crippen molar-refractivity contribution in [2.45, 2.75) is 33.4 Å². The second kappa shape index (κ2) is 5.93. The Morgan fingerprint density at radius 2 is 1.80 bits per heavy atom. The Balaban J connectivity index is 2.37. The van der Waals surface area contributed by atoms with Gasteiger partial charge in [0.25, 0.3) is 0 Å². The van der Waals surface area contributed by atoms with Crippen LogP contribution in [0.2, 0.25) is 0 Å². The van der Waals surface area contributed by atoms with Crippen molar-refractivity contribution in [2.75, 3.05) is 0 Å². The van der Waals surface area contributed by atoms with Crippen LogP contribution in [0, 0.1) is 24.4 Å². The predicted octanol–water partition coefficient (Wildman–Crippen LogP) is 4.03. The van der Waals surface area contributed by atoms with Crippen LogP contribution in [0.1, 0.15) is 24.4 Å². The van der Waals surface area contributed by atoms with Gasteiger partial charge in [-0.1, -0.05) is 13.8 Å². The van der Waals surface area contributed by atoms with Crippen molar-refractivity contribution in [2.24, 2.45) is 0 Å². The van der Waals surface area contributed by atoms with Gasteiger partial charge in [0.1, 0.15) is 22.5 Å². The van der Waals surface area contributed by atoms with Crippen LogP contribution in [0.15, 0.2) is 12.1 Å². The number of halogens is 3. The van der Waals surface area contributed by atoms with E-state index in [1.54, 1.807) is 6.92 Å². The molecule has 1 aromatic carbocycles. The fourth-order valence-electron chi connectivity index (χ4n) is 1.74. The van der Waals surface area contributed by atoms with E-state index in [1.807, 2.05) is 13.8 Å². The largest absolute Gasteiger partial charge is 0.310 e. The van der Waals surface area contributed by atoms with E-state index in [-0.39, 0.29) is 10.6 Å². The van der Waals surface area contributed by atoms with E-state index in [0.717, 1.165) is 10.6 Å². The second-order valence-electron chi connectivity index (χ2n) is 4.81. The van der Waals surface area contributed by atoms with E-state index in [0.29, 0.717) is 24.7 Å². The zero-order valence-electron chi connectivity index (χ0n) is 11.4. The molecule has 108 valence electrons. The Morgan fingerprint density at radius 3 is 2.35 bits per heavy atom. The molecule has 0 radical (unpaired) electrons. The number of nitrogens with zero attached hydrogens (tertiary/aromatic N) is 1. The summed E-state index contributed by atoms with van der Waals surface area (Å²) in [6, 6.07) is 1.64. The molecule has 6 heteroatoms. The van der Waals surface area contributed by atoms with Gasteiger partial charge in [-0.05, 0) is 6.92 Å². The van der Waals surface area contributed by atoms with Gasteiger partial charge in [0.05, 0.1) is 11.3 Å². The molecular formula is C14H15F3N2S. The van der Waals surface area contributed by atoms with Gasteiger partial charge in [0.2, 0.25) is 0 Å². The van der Waals surface area contributed by atoms with Crippen molar-refractivity contribution in [3.8, 4) is 10.6 Å². The number of rotatable bonds is 4. The lowest BCUT2D eigenvalue weighted by atomic mass is 10.2. The third kappa shape index (κ3) is 3.19. The standard InChI is InChI=1S/C14H15F3N2S/c1-7(2)18-6-12-8(3)19-14(20-12)13-10(16)4-9(15)5-11(13)17/h4-5,7,18H,6H2,1-3H3. The van der Waals surface area contributed by atoms with E-state index in [4.69, 9.17) is 0 Å². The molecule has 0 aliphatic rings. The first-order valence-corrected chi connectivity index (χ1v) is 7.04. The lowest BCUT2D eigenvalue weighted by Crippen LogP contribution is -2.21. The lowest BCUT2D eigenvalue weighted by molar-refractivity contribution is 0.548. The van der Waals surface area contributed by atoms with E-state index < -0.39 is 17.5 Å². The molecule has 1 aromatic heterocycles. The molecule has 0 spiro atoms. The topological polar surface area (TPSA) is 24.9 Å². The van der Waals surface area contributed by atoms with Gasteiger partial charge < -0.3 is 5.32 Å². The van der Waals surface area contributed by atoms with Gasteiger partial charge in [0, 0.05) is 29.6 Å². The molecule has 0 atom stereocenters. The number of hydrogen-bond donors (Lipinski definition) is 1. The Morgan fingerprint density at radius 1 is 1.20 bits per heavy atom. The summed E-state index contributed by atoms with van der Waals surface area (Å²) >= 11 is 1.21. The van der Waals surface area contributed by atoms with Gasteiger partial charge in [-0.25, -0.2) is 18.2 Å².